The standard InChI is InChI=1S/C11H13ClN2O/c1-14(2)11-13-7-10(15-11)8-3-5-9(12)6-4-8/h3-6,10H,7H2,1-2H3. The quantitative estimate of drug-likeness (QED) is 0.732. The van der Waals surface area contributed by atoms with Crippen molar-refractivity contribution in [3.05, 3.63) is 34.9 Å². The fraction of sp³-hybridized carbons (Fsp3) is 0.364. The normalized spacial score (nSPS) is 19.7. The number of ether oxygens (including phenoxy) is 1. The summed E-state index contributed by atoms with van der Waals surface area (Å²) in [5.74, 6) is 0. The van der Waals surface area contributed by atoms with Crippen LogP contribution in [0.4, 0.5) is 0 Å². The van der Waals surface area contributed by atoms with Gasteiger partial charge in [0.25, 0.3) is 6.02 Å². The second-order valence-electron chi connectivity index (χ2n) is 3.68. The van der Waals surface area contributed by atoms with E-state index in [0.29, 0.717) is 12.6 Å². The molecule has 4 heteroatoms. The maximum atomic E-state index is 5.82. The number of nitrogens with zero attached hydrogens (tertiary/aromatic N) is 2. The van der Waals surface area contributed by atoms with E-state index in [9.17, 15) is 0 Å². The maximum Gasteiger partial charge on any atom is 0.287 e. The van der Waals surface area contributed by atoms with Crippen LogP contribution in [-0.4, -0.2) is 31.6 Å². The van der Waals surface area contributed by atoms with E-state index >= 15 is 0 Å². The lowest BCUT2D eigenvalue weighted by molar-refractivity contribution is 0.200. The van der Waals surface area contributed by atoms with Gasteiger partial charge in [-0.3, -0.25) is 0 Å². The molecule has 15 heavy (non-hydrogen) atoms. The van der Waals surface area contributed by atoms with E-state index in [0.717, 1.165) is 10.6 Å². The molecule has 80 valence electrons. The van der Waals surface area contributed by atoms with Crippen LogP contribution in [0.3, 0.4) is 0 Å². The summed E-state index contributed by atoms with van der Waals surface area (Å²) in [6.45, 7) is 0.676. The van der Waals surface area contributed by atoms with Crippen molar-refractivity contribution in [1.29, 1.82) is 0 Å². The van der Waals surface area contributed by atoms with Crippen molar-refractivity contribution in [3.8, 4) is 0 Å². The highest BCUT2D eigenvalue weighted by atomic mass is 35.5. The number of rotatable bonds is 1. The molecule has 0 aliphatic carbocycles. The lowest BCUT2D eigenvalue weighted by atomic mass is 10.1. The number of hydrogen-bond donors (Lipinski definition) is 0. The zero-order chi connectivity index (χ0) is 10.8. The second-order valence-corrected chi connectivity index (χ2v) is 4.11. The first-order chi connectivity index (χ1) is 7.16. The third kappa shape index (κ3) is 2.23. The van der Waals surface area contributed by atoms with Gasteiger partial charge in [-0.2, -0.15) is 0 Å². The summed E-state index contributed by atoms with van der Waals surface area (Å²) in [6.07, 6.45) is 0.0275. The van der Waals surface area contributed by atoms with E-state index < -0.39 is 0 Å². The van der Waals surface area contributed by atoms with Gasteiger partial charge in [0.15, 0.2) is 0 Å². The molecular weight excluding hydrogens is 212 g/mol. The van der Waals surface area contributed by atoms with Crippen LogP contribution in [0.5, 0.6) is 0 Å². The number of halogens is 1. The lowest BCUT2D eigenvalue weighted by Crippen LogP contribution is -2.22. The number of benzene rings is 1. The highest BCUT2D eigenvalue weighted by molar-refractivity contribution is 6.30. The first-order valence-corrected chi connectivity index (χ1v) is 5.18. The Morgan fingerprint density at radius 1 is 1.33 bits per heavy atom. The predicted octanol–water partition coefficient (Wildman–Crippen LogP) is 2.33. The minimum Gasteiger partial charge on any atom is -0.455 e. The molecule has 0 N–H and O–H groups in total. The minimum absolute atomic E-state index is 0.0275. The van der Waals surface area contributed by atoms with Gasteiger partial charge >= 0.3 is 0 Å². The van der Waals surface area contributed by atoms with Crippen molar-refractivity contribution >= 4 is 17.6 Å². The monoisotopic (exact) mass is 224 g/mol. The molecule has 0 saturated heterocycles. The molecule has 1 aromatic rings. The minimum atomic E-state index is 0.0275. The van der Waals surface area contributed by atoms with Crippen LogP contribution in [0.1, 0.15) is 11.7 Å². The Labute approximate surface area is 94.3 Å². The third-order valence-electron chi connectivity index (χ3n) is 2.26. The first-order valence-electron chi connectivity index (χ1n) is 4.80. The molecule has 0 fully saturated rings. The Hall–Kier alpha value is -1.22. The van der Waals surface area contributed by atoms with Crippen molar-refractivity contribution in [3.63, 3.8) is 0 Å². The topological polar surface area (TPSA) is 24.8 Å². The molecule has 1 unspecified atom stereocenters. The van der Waals surface area contributed by atoms with Crippen LogP contribution in [0, 0.1) is 0 Å². The van der Waals surface area contributed by atoms with Gasteiger partial charge < -0.3 is 9.64 Å². The largest absolute Gasteiger partial charge is 0.455 e. The average molecular weight is 225 g/mol. The summed E-state index contributed by atoms with van der Waals surface area (Å²) in [4.78, 5) is 6.17. The molecule has 3 nitrogen and oxygen atoms in total. The summed E-state index contributed by atoms with van der Waals surface area (Å²) in [5.41, 5.74) is 1.11. The molecule has 1 atom stereocenters. The smallest absolute Gasteiger partial charge is 0.287 e. The molecule has 2 rings (SSSR count). The maximum absolute atomic E-state index is 5.82. The van der Waals surface area contributed by atoms with E-state index in [1.54, 1.807) is 0 Å². The van der Waals surface area contributed by atoms with Crippen LogP contribution in [0.25, 0.3) is 0 Å². The number of amidine groups is 1. The van der Waals surface area contributed by atoms with Crippen LogP contribution in [-0.2, 0) is 4.74 Å². The molecule has 1 aliphatic heterocycles. The Morgan fingerprint density at radius 3 is 2.53 bits per heavy atom. The molecule has 0 radical (unpaired) electrons. The molecular formula is C11H13ClN2O. The Kier molecular flexibility index (Phi) is 2.82. The van der Waals surface area contributed by atoms with Gasteiger partial charge in [-0.25, -0.2) is 4.99 Å². The highest BCUT2D eigenvalue weighted by Gasteiger charge is 2.22. The zero-order valence-corrected chi connectivity index (χ0v) is 9.53. The van der Waals surface area contributed by atoms with Crippen LogP contribution in [0.15, 0.2) is 29.3 Å². The van der Waals surface area contributed by atoms with E-state index in [4.69, 9.17) is 16.3 Å². The predicted molar refractivity (Wildman–Crippen MR) is 61.3 cm³/mol. The van der Waals surface area contributed by atoms with Crippen molar-refractivity contribution in [2.75, 3.05) is 20.6 Å². The summed E-state index contributed by atoms with van der Waals surface area (Å²) in [7, 11) is 3.84. The Morgan fingerprint density at radius 2 is 2.00 bits per heavy atom. The number of aliphatic imine (C=N–C) groups is 1. The van der Waals surface area contributed by atoms with E-state index in [1.807, 2.05) is 43.3 Å². The van der Waals surface area contributed by atoms with Gasteiger partial charge in [-0.1, -0.05) is 23.7 Å². The van der Waals surface area contributed by atoms with Crippen molar-refractivity contribution in [2.24, 2.45) is 4.99 Å². The number of hydrogen-bond acceptors (Lipinski definition) is 3. The van der Waals surface area contributed by atoms with Crippen LogP contribution < -0.4 is 0 Å². The van der Waals surface area contributed by atoms with Crippen molar-refractivity contribution < 1.29 is 4.74 Å². The first kappa shape index (κ1) is 10.3. The Bertz CT molecular complexity index is 373. The summed E-state index contributed by atoms with van der Waals surface area (Å²) in [6, 6.07) is 8.37. The van der Waals surface area contributed by atoms with Gasteiger partial charge in [0.1, 0.15) is 6.10 Å². The van der Waals surface area contributed by atoms with Crippen molar-refractivity contribution in [2.45, 2.75) is 6.10 Å². The Balaban J connectivity index is 2.07. The second kappa shape index (κ2) is 4.11. The molecule has 0 bridgehead atoms. The molecule has 0 saturated carbocycles. The summed E-state index contributed by atoms with van der Waals surface area (Å²) in [5, 5.41) is 0.741. The van der Waals surface area contributed by atoms with Gasteiger partial charge in [-0.15, -0.1) is 0 Å². The van der Waals surface area contributed by atoms with Gasteiger partial charge in [-0.05, 0) is 17.7 Å². The average Bonchev–Trinajstić information content (AvgIpc) is 2.68. The lowest BCUT2D eigenvalue weighted by Gasteiger charge is -2.15. The summed E-state index contributed by atoms with van der Waals surface area (Å²) < 4.78 is 5.68. The third-order valence-corrected chi connectivity index (χ3v) is 2.52. The van der Waals surface area contributed by atoms with E-state index in [2.05, 4.69) is 4.99 Å². The molecule has 1 heterocycles. The fourth-order valence-corrected chi connectivity index (χ4v) is 1.59. The molecule has 0 spiro atoms. The molecule has 1 aromatic carbocycles. The van der Waals surface area contributed by atoms with E-state index in [-0.39, 0.29) is 6.10 Å². The van der Waals surface area contributed by atoms with Gasteiger partial charge in [0.2, 0.25) is 0 Å². The van der Waals surface area contributed by atoms with E-state index in [1.165, 1.54) is 0 Å². The van der Waals surface area contributed by atoms with Crippen LogP contribution >= 0.6 is 11.6 Å². The molecule has 0 amide bonds. The van der Waals surface area contributed by atoms with Crippen LogP contribution in [0.2, 0.25) is 5.02 Å². The highest BCUT2D eigenvalue weighted by Crippen LogP contribution is 2.24. The van der Waals surface area contributed by atoms with Crippen molar-refractivity contribution in [1.82, 2.24) is 4.90 Å². The van der Waals surface area contributed by atoms with Gasteiger partial charge in [0.05, 0.1) is 6.54 Å². The molecule has 1 aliphatic rings. The zero-order valence-electron chi connectivity index (χ0n) is 8.77. The SMILES string of the molecule is CN(C)C1=NCC(c2ccc(Cl)cc2)O1. The summed E-state index contributed by atoms with van der Waals surface area (Å²) >= 11 is 5.82. The fourth-order valence-electron chi connectivity index (χ4n) is 1.46. The van der Waals surface area contributed by atoms with Gasteiger partial charge in [0, 0.05) is 19.1 Å². The molecule has 0 aromatic heterocycles.